The lowest BCUT2D eigenvalue weighted by molar-refractivity contribution is -0.119. The zero-order chi connectivity index (χ0) is 15.9. The third-order valence-electron chi connectivity index (χ3n) is 2.99. The quantitative estimate of drug-likeness (QED) is 0.745. The van der Waals surface area contributed by atoms with Gasteiger partial charge in [0.05, 0.1) is 0 Å². The highest BCUT2D eigenvalue weighted by Crippen LogP contribution is 2.21. The lowest BCUT2D eigenvalue weighted by Gasteiger charge is -2.21. The number of hydrogen-bond donors (Lipinski definition) is 1. The minimum atomic E-state index is -4.22. The van der Waals surface area contributed by atoms with Crippen LogP contribution in [0, 0.1) is 0 Å². The molecule has 1 N–H and O–H groups in total. The first kappa shape index (κ1) is 17.8. The Morgan fingerprint density at radius 2 is 1.90 bits per heavy atom. The lowest BCUT2D eigenvalue weighted by Crippen LogP contribution is -2.31. The van der Waals surface area contributed by atoms with Gasteiger partial charge in [0.15, 0.2) is 0 Å². The van der Waals surface area contributed by atoms with Gasteiger partial charge in [-0.3, -0.25) is 0 Å². The Bertz CT molecular complexity index is 433. The molecule has 0 aromatic carbocycles. The maximum absolute atomic E-state index is 12.5. The van der Waals surface area contributed by atoms with Crippen LogP contribution in [0.3, 0.4) is 0 Å². The number of rotatable bonds is 8. The van der Waals surface area contributed by atoms with Crippen LogP contribution in [0.25, 0.3) is 0 Å². The summed E-state index contributed by atoms with van der Waals surface area (Å²) in [6.07, 6.45) is -1.51. The summed E-state index contributed by atoms with van der Waals surface area (Å²) in [5.74, 6) is 0.381. The second-order valence-corrected chi connectivity index (χ2v) is 5.22. The van der Waals surface area contributed by atoms with Crippen molar-refractivity contribution < 1.29 is 13.2 Å². The van der Waals surface area contributed by atoms with Gasteiger partial charge in [-0.1, -0.05) is 20.3 Å². The largest absolute Gasteiger partial charge is 0.405 e. The monoisotopic (exact) mass is 303 g/mol. The molecule has 0 aliphatic heterocycles. The lowest BCUT2D eigenvalue weighted by atomic mass is 10.1. The first-order chi connectivity index (χ1) is 9.85. The summed E-state index contributed by atoms with van der Waals surface area (Å²) < 4.78 is 37.5. The molecule has 0 fully saturated rings. The van der Waals surface area contributed by atoms with E-state index in [9.17, 15) is 13.2 Å². The standard InChI is InChI=1S/C15H24F3N3/c1-4-6-13-8-12(10-19-7-5-2)9-14(20-13)21(3)11-15(16,17)18/h8-9,19H,4-7,10-11H2,1-3H3. The van der Waals surface area contributed by atoms with E-state index in [-0.39, 0.29) is 0 Å². The third kappa shape index (κ3) is 6.80. The summed E-state index contributed by atoms with van der Waals surface area (Å²) in [6, 6.07) is 3.70. The van der Waals surface area contributed by atoms with E-state index in [1.807, 2.05) is 13.0 Å². The van der Waals surface area contributed by atoms with E-state index >= 15 is 0 Å². The topological polar surface area (TPSA) is 28.2 Å². The summed E-state index contributed by atoms with van der Waals surface area (Å²) in [7, 11) is 1.43. The molecule has 0 saturated heterocycles. The van der Waals surface area contributed by atoms with Crippen LogP contribution in [0.1, 0.15) is 37.9 Å². The van der Waals surface area contributed by atoms with Crippen LogP contribution < -0.4 is 10.2 Å². The fraction of sp³-hybridized carbons (Fsp3) is 0.667. The Kier molecular flexibility index (Phi) is 6.95. The van der Waals surface area contributed by atoms with E-state index in [4.69, 9.17) is 0 Å². The van der Waals surface area contributed by atoms with E-state index in [2.05, 4.69) is 17.2 Å². The zero-order valence-electron chi connectivity index (χ0n) is 12.9. The second-order valence-electron chi connectivity index (χ2n) is 5.22. The van der Waals surface area contributed by atoms with Crippen LogP contribution in [-0.4, -0.2) is 31.3 Å². The number of aromatic nitrogens is 1. The van der Waals surface area contributed by atoms with Gasteiger partial charge in [0.2, 0.25) is 0 Å². The number of nitrogens with one attached hydrogen (secondary N) is 1. The van der Waals surface area contributed by atoms with Crippen molar-refractivity contribution in [1.82, 2.24) is 10.3 Å². The Hall–Kier alpha value is -1.30. The summed E-state index contributed by atoms with van der Waals surface area (Å²) in [5.41, 5.74) is 1.82. The molecule has 0 aliphatic rings. The van der Waals surface area contributed by atoms with Gasteiger partial charge in [-0.2, -0.15) is 13.2 Å². The molecule has 6 heteroatoms. The molecular weight excluding hydrogens is 279 g/mol. The highest BCUT2D eigenvalue weighted by molar-refractivity contribution is 5.42. The van der Waals surface area contributed by atoms with Crippen molar-refractivity contribution in [3.63, 3.8) is 0 Å². The fourth-order valence-electron chi connectivity index (χ4n) is 2.07. The van der Waals surface area contributed by atoms with Gasteiger partial charge in [-0.05, 0) is 37.1 Å². The number of halogens is 3. The molecule has 0 atom stereocenters. The maximum atomic E-state index is 12.5. The van der Waals surface area contributed by atoms with Crippen molar-refractivity contribution in [3.8, 4) is 0 Å². The van der Waals surface area contributed by atoms with Crippen molar-refractivity contribution >= 4 is 5.82 Å². The van der Waals surface area contributed by atoms with E-state index in [0.717, 1.165) is 42.0 Å². The van der Waals surface area contributed by atoms with Crippen LogP contribution in [0.2, 0.25) is 0 Å². The summed E-state index contributed by atoms with van der Waals surface area (Å²) in [6.45, 7) is 4.66. The number of hydrogen-bond acceptors (Lipinski definition) is 3. The smallest absolute Gasteiger partial charge is 0.351 e. The predicted molar refractivity (Wildman–Crippen MR) is 79.6 cm³/mol. The highest BCUT2D eigenvalue weighted by Gasteiger charge is 2.30. The molecular formula is C15H24F3N3. The number of pyridine rings is 1. The Morgan fingerprint density at radius 1 is 1.19 bits per heavy atom. The molecule has 120 valence electrons. The van der Waals surface area contributed by atoms with Crippen molar-refractivity contribution in [2.45, 2.75) is 45.8 Å². The van der Waals surface area contributed by atoms with E-state index < -0.39 is 12.7 Å². The Labute approximate surface area is 124 Å². The SMILES string of the molecule is CCCNCc1cc(CCC)nc(N(C)CC(F)(F)F)c1. The first-order valence-corrected chi connectivity index (χ1v) is 7.34. The normalized spacial score (nSPS) is 11.7. The molecule has 0 aliphatic carbocycles. The van der Waals surface area contributed by atoms with Gasteiger partial charge in [0.25, 0.3) is 0 Å². The Balaban J connectivity index is 2.90. The van der Waals surface area contributed by atoms with Crippen molar-refractivity contribution in [2.75, 3.05) is 25.0 Å². The molecule has 1 aromatic heterocycles. The summed E-state index contributed by atoms with van der Waals surface area (Å²) in [5, 5.41) is 3.27. The molecule has 0 radical (unpaired) electrons. The average molecular weight is 303 g/mol. The van der Waals surface area contributed by atoms with Crippen molar-refractivity contribution in [3.05, 3.63) is 23.4 Å². The molecule has 1 rings (SSSR count). The van der Waals surface area contributed by atoms with Crippen LogP contribution >= 0.6 is 0 Å². The molecule has 1 aromatic rings. The number of alkyl halides is 3. The van der Waals surface area contributed by atoms with Gasteiger partial charge >= 0.3 is 6.18 Å². The second kappa shape index (κ2) is 8.22. The van der Waals surface area contributed by atoms with Crippen LogP contribution in [0.15, 0.2) is 12.1 Å². The van der Waals surface area contributed by atoms with Crippen LogP contribution in [-0.2, 0) is 13.0 Å². The summed E-state index contributed by atoms with van der Waals surface area (Å²) in [4.78, 5) is 5.49. The van der Waals surface area contributed by atoms with E-state index in [1.54, 1.807) is 6.07 Å². The van der Waals surface area contributed by atoms with Crippen LogP contribution in [0.5, 0.6) is 0 Å². The van der Waals surface area contributed by atoms with Gasteiger partial charge in [-0.15, -0.1) is 0 Å². The number of anilines is 1. The molecule has 0 saturated carbocycles. The van der Waals surface area contributed by atoms with Gasteiger partial charge < -0.3 is 10.2 Å². The predicted octanol–water partition coefficient (Wildman–Crippen LogP) is 3.53. The Morgan fingerprint density at radius 3 is 2.48 bits per heavy atom. The van der Waals surface area contributed by atoms with Gasteiger partial charge in [0, 0.05) is 19.3 Å². The zero-order valence-corrected chi connectivity index (χ0v) is 12.9. The number of aryl methyl sites for hydroxylation is 1. The third-order valence-corrected chi connectivity index (χ3v) is 2.99. The maximum Gasteiger partial charge on any atom is 0.405 e. The van der Waals surface area contributed by atoms with Crippen molar-refractivity contribution in [1.29, 1.82) is 0 Å². The minimum absolute atomic E-state index is 0.381. The first-order valence-electron chi connectivity index (χ1n) is 7.34. The van der Waals surface area contributed by atoms with Crippen LogP contribution in [0.4, 0.5) is 19.0 Å². The minimum Gasteiger partial charge on any atom is -0.351 e. The molecule has 21 heavy (non-hydrogen) atoms. The fourth-order valence-corrected chi connectivity index (χ4v) is 2.07. The van der Waals surface area contributed by atoms with Gasteiger partial charge in [-0.25, -0.2) is 4.98 Å². The highest BCUT2D eigenvalue weighted by atomic mass is 19.4. The molecule has 0 unspecified atom stereocenters. The molecule has 0 bridgehead atoms. The number of nitrogens with zero attached hydrogens (tertiary/aromatic N) is 2. The van der Waals surface area contributed by atoms with Gasteiger partial charge in [0.1, 0.15) is 12.4 Å². The van der Waals surface area contributed by atoms with Crippen molar-refractivity contribution in [2.24, 2.45) is 0 Å². The molecule has 0 spiro atoms. The molecule has 1 heterocycles. The summed E-state index contributed by atoms with van der Waals surface area (Å²) >= 11 is 0. The molecule has 3 nitrogen and oxygen atoms in total. The molecule has 0 amide bonds. The van der Waals surface area contributed by atoms with E-state index in [1.165, 1.54) is 7.05 Å². The average Bonchev–Trinajstić information content (AvgIpc) is 2.37. The van der Waals surface area contributed by atoms with E-state index in [0.29, 0.717) is 12.4 Å².